The van der Waals surface area contributed by atoms with Crippen molar-refractivity contribution < 1.29 is 8.42 Å². The number of benzene rings is 1. The van der Waals surface area contributed by atoms with Crippen molar-refractivity contribution in [3.05, 3.63) is 30.3 Å². The molecule has 0 spiro atoms. The van der Waals surface area contributed by atoms with Crippen molar-refractivity contribution in [3.8, 4) is 0 Å². The van der Waals surface area contributed by atoms with Crippen LogP contribution in [0.4, 0.5) is 5.69 Å². The van der Waals surface area contributed by atoms with Crippen molar-refractivity contribution >= 4 is 15.7 Å². The molecule has 0 unspecified atom stereocenters. The average molecular weight is 282 g/mol. The van der Waals surface area contributed by atoms with E-state index in [1.165, 1.54) is 5.69 Å². The van der Waals surface area contributed by atoms with Crippen molar-refractivity contribution in [1.29, 1.82) is 0 Å². The monoisotopic (exact) mass is 282 g/mol. The third kappa shape index (κ3) is 3.70. The Hall–Kier alpha value is -1.07. The zero-order valence-corrected chi connectivity index (χ0v) is 12.3. The zero-order chi connectivity index (χ0) is 13.7. The van der Waals surface area contributed by atoms with Crippen LogP contribution in [0.2, 0.25) is 0 Å². The van der Waals surface area contributed by atoms with Gasteiger partial charge in [-0.1, -0.05) is 31.5 Å². The first-order valence-corrected chi connectivity index (χ1v) is 8.52. The smallest absolute Gasteiger partial charge is 0.214 e. The molecule has 0 atom stereocenters. The van der Waals surface area contributed by atoms with Crippen LogP contribution < -0.4 is 4.90 Å². The molecule has 1 aliphatic rings. The van der Waals surface area contributed by atoms with Gasteiger partial charge in [0.2, 0.25) is 10.0 Å². The van der Waals surface area contributed by atoms with Crippen LogP contribution in [0.25, 0.3) is 0 Å². The molecule has 1 aliphatic heterocycles. The fourth-order valence-corrected chi connectivity index (χ4v) is 3.95. The van der Waals surface area contributed by atoms with Crippen LogP contribution in [-0.4, -0.2) is 44.7 Å². The van der Waals surface area contributed by atoms with Gasteiger partial charge in [-0.2, -0.15) is 4.31 Å². The Labute approximate surface area is 116 Å². The molecular formula is C14H22N2O2S. The molecule has 1 aromatic carbocycles. The molecule has 19 heavy (non-hydrogen) atoms. The standard InChI is InChI=1S/C14H22N2O2S/c1-2-3-13-19(17,18)16-11-9-15(10-12-16)14-7-5-4-6-8-14/h4-8H,2-3,9-13H2,1H3. The number of hydrogen-bond acceptors (Lipinski definition) is 3. The van der Waals surface area contributed by atoms with E-state index in [-0.39, 0.29) is 5.75 Å². The topological polar surface area (TPSA) is 40.6 Å². The summed E-state index contributed by atoms with van der Waals surface area (Å²) in [6.45, 7) is 4.76. The van der Waals surface area contributed by atoms with E-state index >= 15 is 0 Å². The highest BCUT2D eigenvalue weighted by Crippen LogP contribution is 2.17. The summed E-state index contributed by atoms with van der Waals surface area (Å²) in [6.07, 6.45) is 1.67. The van der Waals surface area contributed by atoms with E-state index in [4.69, 9.17) is 0 Å². The molecule has 0 N–H and O–H groups in total. The third-order valence-electron chi connectivity index (χ3n) is 3.51. The van der Waals surface area contributed by atoms with Gasteiger partial charge in [0.25, 0.3) is 0 Å². The predicted molar refractivity (Wildman–Crippen MR) is 78.9 cm³/mol. The predicted octanol–water partition coefficient (Wildman–Crippen LogP) is 1.94. The Kier molecular flexibility index (Phi) is 4.82. The van der Waals surface area contributed by atoms with Crippen molar-refractivity contribution in [3.63, 3.8) is 0 Å². The maximum absolute atomic E-state index is 12.1. The number of sulfonamides is 1. The lowest BCUT2D eigenvalue weighted by Gasteiger charge is -2.35. The van der Waals surface area contributed by atoms with Crippen LogP contribution in [0.5, 0.6) is 0 Å². The van der Waals surface area contributed by atoms with Crippen LogP contribution in [-0.2, 0) is 10.0 Å². The molecule has 1 saturated heterocycles. The van der Waals surface area contributed by atoms with Crippen LogP contribution >= 0.6 is 0 Å². The van der Waals surface area contributed by atoms with Gasteiger partial charge in [-0.15, -0.1) is 0 Å². The molecule has 0 aliphatic carbocycles. The first kappa shape index (κ1) is 14.3. The molecule has 0 bridgehead atoms. The summed E-state index contributed by atoms with van der Waals surface area (Å²) < 4.78 is 25.8. The molecule has 106 valence electrons. The SMILES string of the molecule is CCCCS(=O)(=O)N1CCN(c2ccccc2)CC1. The third-order valence-corrected chi connectivity index (χ3v) is 5.47. The number of hydrogen-bond donors (Lipinski definition) is 0. The van der Waals surface area contributed by atoms with E-state index in [9.17, 15) is 8.42 Å². The lowest BCUT2D eigenvalue weighted by atomic mass is 10.2. The number of anilines is 1. The summed E-state index contributed by atoms with van der Waals surface area (Å²) in [7, 11) is -3.04. The van der Waals surface area contributed by atoms with Crippen molar-refractivity contribution in [2.45, 2.75) is 19.8 Å². The molecule has 0 aromatic heterocycles. The van der Waals surface area contributed by atoms with E-state index in [2.05, 4.69) is 17.0 Å². The molecule has 0 radical (unpaired) electrons. The Morgan fingerprint density at radius 3 is 2.26 bits per heavy atom. The second-order valence-corrected chi connectivity index (χ2v) is 6.98. The van der Waals surface area contributed by atoms with Crippen LogP contribution in [0.1, 0.15) is 19.8 Å². The van der Waals surface area contributed by atoms with Gasteiger partial charge in [-0.25, -0.2) is 8.42 Å². The largest absolute Gasteiger partial charge is 0.369 e. The number of rotatable bonds is 5. The average Bonchev–Trinajstić information content (AvgIpc) is 2.46. The second-order valence-electron chi connectivity index (χ2n) is 4.89. The van der Waals surface area contributed by atoms with E-state index in [1.54, 1.807) is 4.31 Å². The van der Waals surface area contributed by atoms with E-state index < -0.39 is 10.0 Å². The van der Waals surface area contributed by atoms with Gasteiger partial charge in [-0.05, 0) is 18.6 Å². The molecule has 5 heteroatoms. The number of para-hydroxylation sites is 1. The Bertz CT molecular complexity index is 479. The Balaban J connectivity index is 1.92. The Morgan fingerprint density at radius 2 is 1.68 bits per heavy atom. The summed E-state index contributed by atoms with van der Waals surface area (Å²) in [6, 6.07) is 10.2. The summed E-state index contributed by atoms with van der Waals surface area (Å²) >= 11 is 0. The van der Waals surface area contributed by atoms with Crippen molar-refractivity contribution in [1.82, 2.24) is 4.31 Å². The van der Waals surface area contributed by atoms with Gasteiger partial charge in [0, 0.05) is 31.9 Å². The summed E-state index contributed by atoms with van der Waals surface area (Å²) in [4.78, 5) is 2.24. The highest BCUT2D eigenvalue weighted by Gasteiger charge is 2.26. The molecule has 1 aromatic rings. The summed E-state index contributed by atoms with van der Waals surface area (Å²) in [5, 5.41) is 0. The second kappa shape index (κ2) is 6.39. The van der Waals surface area contributed by atoms with Gasteiger partial charge in [0.05, 0.1) is 5.75 Å². The fraction of sp³-hybridized carbons (Fsp3) is 0.571. The first-order chi connectivity index (χ1) is 9.13. The molecular weight excluding hydrogens is 260 g/mol. The minimum atomic E-state index is -3.04. The quantitative estimate of drug-likeness (QED) is 0.828. The number of nitrogens with zero attached hydrogens (tertiary/aromatic N) is 2. The van der Waals surface area contributed by atoms with Crippen molar-refractivity contribution in [2.75, 3.05) is 36.8 Å². The number of piperazine rings is 1. The molecule has 1 fully saturated rings. The lowest BCUT2D eigenvalue weighted by molar-refractivity contribution is 0.384. The normalized spacial score (nSPS) is 17.6. The van der Waals surface area contributed by atoms with Crippen molar-refractivity contribution in [2.24, 2.45) is 0 Å². The molecule has 2 rings (SSSR count). The highest BCUT2D eigenvalue weighted by atomic mass is 32.2. The maximum atomic E-state index is 12.1. The number of unbranched alkanes of at least 4 members (excludes halogenated alkanes) is 1. The van der Waals surface area contributed by atoms with Gasteiger partial charge in [0.15, 0.2) is 0 Å². The lowest BCUT2D eigenvalue weighted by Crippen LogP contribution is -2.49. The molecule has 4 nitrogen and oxygen atoms in total. The van der Waals surface area contributed by atoms with Crippen LogP contribution in [0.3, 0.4) is 0 Å². The van der Waals surface area contributed by atoms with E-state index in [0.29, 0.717) is 13.1 Å². The first-order valence-electron chi connectivity index (χ1n) is 6.91. The molecule has 1 heterocycles. The minimum absolute atomic E-state index is 0.287. The highest BCUT2D eigenvalue weighted by molar-refractivity contribution is 7.89. The van der Waals surface area contributed by atoms with E-state index in [1.807, 2.05) is 25.1 Å². The summed E-state index contributed by atoms with van der Waals surface area (Å²) in [5.74, 6) is 0.287. The molecule has 0 saturated carbocycles. The molecule has 0 amide bonds. The van der Waals surface area contributed by atoms with E-state index in [0.717, 1.165) is 25.9 Å². The van der Waals surface area contributed by atoms with Gasteiger partial charge >= 0.3 is 0 Å². The van der Waals surface area contributed by atoms with Crippen LogP contribution in [0, 0.1) is 0 Å². The van der Waals surface area contributed by atoms with Gasteiger partial charge in [0.1, 0.15) is 0 Å². The fourth-order valence-electron chi connectivity index (χ4n) is 2.32. The van der Waals surface area contributed by atoms with Crippen LogP contribution in [0.15, 0.2) is 30.3 Å². The summed E-state index contributed by atoms with van der Waals surface area (Å²) in [5.41, 5.74) is 1.17. The van der Waals surface area contributed by atoms with Gasteiger partial charge < -0.3 is 4.90 Å². The minimum Gasteiger partial charge on any atom is -0.369 e. The maximum Gasteiger partial charge on any atom is 0.214 e. The van der Waals surface area contributed by atoms with Gasteiger partial charge in [-0.3, -0.25) is 0 Å². The Morgan fingerprint density at radius 1 is 1.05 bits per heavy atom. The zero-order valence-electron chi connectivity index (χ0n) is 11.5.